The molecule has 0 saturated heterocycles. The van der Waals surface area contributed by atoms with Crippen LogP contribution in [-0.4, -0.2) is 20.2 Å². The van der Waals surface area contributed by atoms with E-state index in [4.69, 9.17) is 5.73 Å². The summed E-state index contributed by atoms with van der Waals surface area (Å²) in [5, 5.41) is 6.72. The number of rotatable bonds is 2. The van der Waals surface area contributed by atoms with E-state index in [1.807, 2.05) is 30.5 Å². The summed E-state index contributed by atoms with van der Waals surface area (Å²) in [6.45, 7) is 0. The number of nitrogen functional groups attached to an aromatic ring is 1. The first-order chi connectivity index (χ1) is 8.83. The van der Waals surface area contributed by atoms with Gasteiger partial charge in [-0.2, -0.15) is 5.10 Å². The fourth-order valence-electron chi connectivity index (χ4n) is 1.76. The SMILES string of the molecule is Nc1cncc(-c2ccc(-c3cn[nH]c3)cc2)n1. The minimum absolute atomic E-state index is 0.423. The fraction of sp³-hybridized carbons (Fsp3) is 0. The molecule has 5 nitrogen and oxygen atoms in total. The molecule has 0 bridgehead atoms. The molecule has 0 fully saturated rings. The number of nitrogens with two attached hydrogens (primary N) is 1. The summed E-state index contributed by atoms with van der Waals surface area (Å²) in [5.41, 5.74) is 9.53. The van der Waals surface area contributed by atoms with Gasteiger partial charge in [0.2, 0.25) is 0 Å². The number of nitrogens with zero attached hydrogens (tertiary/aromatic N) is 3. The molecule has 2 aromatic heterocycles. The molecule has 3 aromatic rings. The maximum absolute atomic E-state index is 5.62. The number of H-pyrrole nitrogens is 1. The van der Waals surface area contributed by atoms with Crippen LogP contribution in [0.4, 0.5) is 5.82 Å². The summed E-state index contributed by atoms with van der Waals surface area (Å²) < 4.78 is 0. The summed E-state index contributed by atoms with van der Waals surface area (Å²) in [6.07, 6.45) is 6.87. The van der Waals surface area contributed by atoms with Gasteiger partial charge in [0.1, 0.15) is 5.82 Å². The Balaban J connectivity index is 1.96. The Kier molecular flexibility index (Phi) is 2.49. The molecule has 3 N–H and O–H groups in total. The van der Waals surface area contributed by atoms with Gasteiger partial charge in [-0.15, -0.1) is 0 Å². The second-order valence-corrected chi connectivity index (χ2v) is 3.89. The Bertz CT molecular complexity index is 643. The predicted molar refractivity (Wildman–Crippen MR) is 69.5 cm³/mol. The summed E-state index contributed by atoms with van der Waals surface area (Å²) in [5.74, 6) is 0.423. The molecular weight excluding hydrogens is 226 g/mol. The van der Waals surface area contributed by atoms with Crippen molar-refractivity contribution in [2.75, 3.05) is 5.73 Å². The van der Waals surface area contributed by atoms with Crippen LogP contribution in [0.3, 0.4) is 0 Å². The number of anilines is 1. The zero-order valence-electron chi connectivity index (χ0n) is 9.54. The number of hydrogen-bond acceptors (Lipinski definition) is 4. The summed E-state index contributed by atoms with van der Waals surface area (Å²) in [4.78, 5) is 8.26. The van der Waals surface area contributed by atoms with Crippen molar-refractivity contribution in [2.45, 2.75) is 0 Å². The van der Waals surface area contributed by atoms with Crippen LogP contribution in [-0.2, 0) is 0 Å². The lowest BCUT2D eigenvalue weighted by Crippen LogP contribution is -1.93. The molecular formula is C13H11N5. The smallest absolute Gasteiger partial charge is 0.142 e. The normalized spacial score (nSPS) is 10.4. The van der Waals surface area contributed by atoms with Crippen molar-refractivity contribution < 1.29 is 0 Å². The van der Waals surface area contributed by atoms with Crippen LogP contribution in [0.1, 0.15) is 0 Å². The minimum Gasteiger partial charge on any atom is -0.382 e. The van der Waals surface area contributed by atoms with Gasteiger partial charge in [-0.25, -0.2) is 4.98 Å². The monoisotopic (exact) mass is 237 g/mol. The molecule has 0 radical (unpaired) electrons. The van der Waals surface area contributed by atoms with Gasteiger partial charge in [0.05, 0.1) is 24.3 Å². The van der Waals surface area contributed by atoms with Crippen LogP contribution in [0.2, 0.25) is 0 Å². The summed E-state index contributed by atoms with van der Waals surface area (Å²) in [6, 6.07) is 8.02. The van der Waals surface area contributed by atoms with Gasteiger partial charge in [0.15, 0.2) is 0 Å². The molecule has 0 amide bonds. The highest BCUT2D eigenvalue weighted by Gasteiger charge is 2.02. The number of hydrogen-bond donors (Lipinski definition) is 2. The lowest BCUT2D eigenvalue weighted by molar-refractivity contribution is 1.09. The predicted octanol–water partition coefficient (Wildman–Crippen LogP) is 2.12. The molecule has 0 aliphatic heterocycles. The fourth-order valence-corrected chi connectivity index (χ4v) is 1.76. The van der Waals surface area contributed by atoms with E-state index in [1.54, 1.807) is 12.4 Å². The standard InChI is InChI=1S/C13H11N5/c14-13-8-15-7-12(18-13)10-3-1-9(2-4-10)11-5-16-17-6-11/h1-8H,(H2,14,18)(H,16,17). The molecule has 18 heavy (non-hydrogen) atoms. The first-order valence-electron chi connectivity index (χ1n) is 5.50. The zero-order chi connectivity index (χ0) is 12.4. The van der Waals surface area contributed by atoms with Crippen LogP contribution in [0.15, 0.2) is 49.1 Å². The van der Waals surface area contributed by atoms with Crippen LogP contribution in [0.25, 0.3) is 22.4 Å². The van der Waals surface area contributed by atoms with E-state index in [2.05, 4.69) is 20.2 Å². The first kappa shape index (κ1) is 10.5. The highest BCUT2D eigenvalue weighted by atomic mass is 15.1. The first-order valence-corrected chi connectivity index (χ1v) is 5.50. The third-order valence-electron chi connectivity index (χ3n) is 2.67. The highest BCUT2D eigenvalue weighted by molar-refractivity contribution is 5.67. The van der Waals surface area contributed by atoms with E-state index < -0.39 is 0 Å². The van der Waals surface area contributed by atoms with Gasteiger partial charge < -0.3 is 5.73 Å². The third-order valence-corrected chi connectivity index (χ3v) is 2.67. The van der Waals surface area contributed by atoms with Crippen molar-refractivity contribution in [3.05, 3.63) is 49.1 Å². The minimum atomic E-state index is 0.423. The average Bonchev–Trinajstić information content (AvgIpc) is 2.93. The summed E-state index contributed by atoms with van der Waals surface area (Å²) >= 11 is 0. The van der Waals surface area contributed by atoms with Crippen molar-refractivity contribution in [3.8, 4) is 22.4 Å². The third kappa shape index (κ3) is 1.93. The molecule has 0 spiro atoms. The molecule has 0 aliphatic carbocycles. The second-order valence-electron chi connectivity index (χ2n) is 3.89. The lowest BCUT2D eigenvalue weighted by Gasteiger charge is -2.02. The van der Waals surface area contributed by atoms with Crippen molar-refractivity contribution in [3.63, 3.8) is 0 Å². The van der Waals surface area contributed by atoms with E-state index >= 15 is 0 Å². The van der Waals surface area contributed by atoms with Gasteiger partial charge in [-0.3, -0.25) is 10.1 Å². The van der Waals surface area contributed by atoms with Gasteiger partial charge >= 0.3 is 0 Å². The lowest BCUT2D eigenvalue weighted by atomic mass is 10.1. The molecule has 0 aliphatic rings. The second kappa shape index (κ2) is 4.29. The molecule has 2 heterocycles. The maximum atomic E-state index is 5.62. The van der Waals surface area contributed by atoms with Gasteiger partial charge in [0, 0.05) is 17.3 Å². The molecule has 3 rings (SSSR count). The molecule has 5 heteroatoms. The number of benzene rings is 1. The average molecular weight is 237 g/mol. The Labute approximate surface area is 104 Å². The van der Waals surface area contributed by atoms with Crippen LogP contribution < -0.4 is 5.73 Å². The van der Waals surface area contributed by atoms with E-state index in [9.17, 15) is 0 Å². The molecule has 0 atom stereocenters. The molecule has 0 saturated carbocycles. The zero-order valence-corrected chi connectivity index (χ0v) is 9.54. The quantitative estimate of drug-likeness (QED) is 0.715. The number of nitrogens with one attached hydrogen (secondary N) is 1. The molecule has 1 aromatic carbocycles. The number of aromatic amines is 1. The highest BCUT2D eigenvalue weighted by Crippen LogP contribution is 2.22. The number of aromatic nitrogens is 4. The Morgan fingerprint density at radius 3 is 2.33 bits per heavy atom. The van der Waals surface area contributed by atoms with Crippen molar-refractivity contribution >= 4 is 5.82 Å². The van der Waals surface area contributed by atoms with E-state index in [-0.39, 0.29) is 0 Å². The van der Waals surface area contributed by atoms with Gasteiger partial charge in [-0.05, 0) is 5.56 Å². The van der Waals surface area contributed by atoms with Gasteiger partial charge in [0.25, 0.3) is 0 Å². The van der Waals surface area contributed by atoms with E-state index in [1.165, 1.54) is 6.20 Å². The van der Waals surface area contributed by atoms with Crippen molar-refractivity contribution in [1.29, 1.82) is 0 Å². The van der Waals surface area contributed by atoms with Gasteiger partial charge in [-0.1, -0.05) is 24.3 Å². The largest absolute Gasteiger partial charge is 0.382 e. The van der Waals surface area contributed by atoms with E-state index in [0.29, 0.717) is 5.82 Å². The topological polar surface area (TPSA) is 80.5 Å². The van der Waals surface area contributed by atoms with Crippen LogP contribution in [0, 0.1) is 0 Å². The van der Waals surface area contributed by atoms with Crippen LogP contribution >= 0.6 is 0 Å². The Morgan fingerprint density at radius 1 is 0.889 bits per heavy atom. The molecule has 88 valence electrons. The van der Waals surface area contributed by atoms with Crippen molar-refractivity contribution in [1.82, 2.24) is 20.2 Å². The Morgan fingerprint density at radius 2 is 1.67 bits per heavy atom. The maximum Gasteiger partial charge on any atom is 0.142 e. The Hall–Kier alpha value is -2.69. The molecule has 0 unspecified atom stereocenters. The van der Waals surface area contributed by atoms with E-state index in [0.717, 1.165) is 22.4 Å². The van der Waals surface area contributed by atoms with Crippen molar-refractivity contribution in [2.24, 2.45) is 0 Å². The van der Waals surface area contributed by atoms with Crippen LogP contribution in [0.5, 0.6) is 0 Å². The summed E-state index contributed by atoms with van der Waals surface area (Å²) in [7, 11) is 0.